The molecule has 1 saturated heterocycles. The minimum absolute atomic E-state index is 0.0113. The smallest absolute Gasteiger partial charge is 0.254 e. The number of nitrogens with one attached hydrogen (secondary N) is 2. The highest BCUT2D eigenvalue weighted by atomic mass is 16.5. The molecular formula is C24H26N4O4. The Kier molecular flexibility index (Phi) is 6.94. The van der Waals surface area contributed by atoms with Crippen molar-refractivity contribution in [2.24, 2.45) is 0 Å². The van der Waals surface area contributed by atoms with E-state index in [1.165, 1.54) is 0 Å². The van der Waals surface area contributed by atoms with Crippen molar-refractivity contribution in [3.8, 4) is 0 Å². The van der Waals surface area contributed by atoms with Gasteiger partial charge in [-0.15, -0.1) is 0 Å². The average molecular weight is 434 g/mol. The van der Waals surface area contributed by atoms with Crippen LogP contribution in [0.25, 0.3) is 0 Å². The molecule has 2 heterocycles. The van der Waals surface area contributed by atoms with E-state index in [0.717, 1.165) is 11.1 Å². The molecule has 2 N–H and O–H groups in total. The van der Waals surface area contributed by atoms with Gasteiger partial charge in [0.15, 0.2) is 5.82 Å². The molecule has 32 heavy (non-hydrogen) atoms. The summed E-state index contributed by atoms with van der Waals surface area (Å²) in [5.74, 6) is 0.776. The van der Waals surface area contributed by atoms with E-state index in [1.54, 1.807) is 17.9 Å². The standard InChI is InChI=1S/C24H26N4O4/c1-17-15-21(27-32-17)26-23(29)22(19-5-3-2-4-6-19)25-16-18-7-9-20(10-8-18)24(30)28-11-13-31-14-12-28/h2-10,15,22,25H,11-14,16H2,1H3,(H,26,27,29)/t22-/m1/s1. The second kappa shape index (κ2) is 10.2. The molecule has 0 aliphatic carbocycles. The van der Waals surface area contributed by atoms with Gasteiger partial charge in [0.2, 0.25) is 5.91 Å². The molecule has 0 spiro atoms. The summed E-state index contributed by atoms with van der Waals surface area (Å²) in [6.07, 6.45) is 0. The fourth-order valence-electron chi connectivity index (χ4n) is 3.57. The average Bonchev–Trinajstić information content (AvgIpc) is 3.24. The van der Waals surface area contributed by atoms with Crippen LogP contribution in [0.1, 0.15) is 33.3 Å². The quantitative estimate of drug-likeness (QED) is 0.594. The van der Waals surface area contributed by atoms with E-state index in [0.29, 0.717) is 50.0 Å². The van der Waals surface area contributed by atoms with Crippen molar-refractivity contribution in [2.75, 3.05) is 31.6 Å². The number of carbonyl (C=O) groups excluding carboxylic acids is 2. The zero-order chi connectivity index (χ0) is 22.3. The Morgan fingerprint density at radius 3 is 2.44 bits per heavy atom. The predicted molar refractivity (Wildman–Crippen MR) is 119 cm³/mol. The van der Waals surface area contributed by atoms with Gasteiger partial charge in [-0.3, -0.25) is 14.9 Å². The third-order valence-electron chi connectivity index (χ3n) is 5.28. The van der Waals surface area contributed by atoms with Crippen molar-refractivity contribution in [3.05, 3.63) is 83.1 Å². The molecule has 3 aromatic rings. The van der Waals surface area contributed by atoms with Crippen LogP contribution in [0.2, 0.25) is 0 Å². The van der Waals surface area contributed by atoms with Gasteiger partial charge in [-0.25, -0.2) is 0 Å². The van der Waals surface area contributed by atoms with Crippen molar-refractivity contribution in [3.63, 3.8) is 0 Å². The lowest BCUT2D eigenvalue weighted by Crippen LogP contribution is -2.40. The first-order valence-electron chi connectivity index (χ1n) is 10.6. The number of aryl methyl sites for hydroxylation is 1. The van der Waals surface area contributed by atoms with Gasteiger partial charge in [-0.1, -0.05) is 47.6 Å². The SMILES string of the molecule is Cc1cc(NC(=O)[C@H](NCc2ccc(C(=O)N3CCOCC3)cc2)c2ccccc2)no1. The van der Waals surface area contributed by atoms with Crippen LogP contribution in [0.4, 0.5) is 5.82 Å². The molecule has 2 amide bonds. The number of benzene rings is 2. The number of aromatic nitrogens is 1. The highest BCUT2D eigenvalue weighted by molar-refractivity contribution is 5.95. The summed E-state index contributed by atoms with van der Waals surface area (Å²) in [6, 6.07) is 18.0. The number of morpholine rings is 1. The van der Waals surface area contributed by atoms with Crippen LogP contribution in [0, 0.1) is 6.92 Å². The van der Waals surface area contributed by atoms with Gasteiger partial charge in [-0.05, 0) is 30.2 Å². The lowest BCUT2D eigenvalue weighted by atomic mass is 10.0. The van der Waals surface area contributed by atoms with Crippen molar-refractivity contribution >= 4 is 17.6 Å². The minimum Gasteiger partial charge on any atom is -0.378 e. The first-order chi connectivity index (χ1) is 15.6. The number of nitrogens with zero attached hydrogens (tertiary/aromatic N) is 2. The molecule has 8 nitrogen and oxygen atoms in total. The third kappa shape index (κ3) is 5.40. The van der Waals surface area contributed by atoms with E-state index in [-0.39, 0.29) is 11.8 Å². The molecule has 1 fully saturated rings. The van der Waals surface area contributed by atoms with Crippen LogP contribution < -0.4 is 10.6 Å². The largest absolute Gasteiger partial charge is 0.378 e. The second-order valence-electron chi connectivity index (χ2n) is 7.64. The molecule has 1 aliphatic heterocycles. The molecule has 0 saturated carbocycles. The maximum Gasteiger partial charge on any atom is 0.254 e. The Hall–Kier alpha value is -3.49. The molecule has 1 aliphatic rings. The monoisotopic (exact) mass is 434 g/mol. The van der Waals surface area contributed by atoms with Crippen LogP contribution in [0.3, 0.4) is 0 Å². The summed E-state index contributed by atoms with van der Waals surface area (Å²) in [7, 11) is 0. The van der Waals surface area contributed by atoms with Gasteiger partial charge in [0.25, 0.3) is 5.91 Å². The zero-order valence-corrected chi connectivity index (χ0v) is 17.9. The molecule has 0 radical (unpaired) electrons. The Bertz CT molecular complexity index is 1040. The van der Waals surface area contributed by atoms with Crippen molar-refractivity contribution < 1.29 is 18.8 Å². The van der Waals surface area contributed by atoms with Crippen molar-refractivity contribution in [1.82, 2.24) is 15.4 Å². The summed E-state index contributed by atoms with van der Waals surface area (Å²) in [4.78, 5) is 27.4. The summed E-state index contributed by atoms with van der Waals surface area (Å²) < 4.78 is 10.3. The van der Waals surface area contributed by atoms with Gasteiger partial charge in [-0.2, -0.15) is 0 Å². The lowest BCUT2D eigenvalue weighted by molar-refractivity contribution is -0.118. The number of carbonyl (C=O) groups is 2. The molecule has 1 aromatic heterocycles. The highest BCUT2D eigenvalue weighted by Gasteiger charge is 2.22. The molecule has 0 bridgehead atoms. The minimum atomic E-state index is -0.581. The number of hydrogen-bond acceptors (Lipinski definition) is 6. The Morgan fingerprint density at radius 2 is 1.78 bits per heavy atom. The first-order valence-corrected chi connectivity index (χ1v) is 10.6. The van der Waals surface area contributed by atoms with E-state index in [4.69, 9.17) is 9.26 Å². The lowest BCUT2D eigenvalue weighted by Gasteiger charge is -2.26. The van der Waals surface area contributed by atoms with Crippen LogP contribution in [0.5, 0.6) is 0 Å². The Morgan fingerprint density at radius 1 is 1.06 bits per heavy atom. The van der Waals surface area contributed by atoms with E-state index in [9.17, 15) is 9.59 Å². The van der Waals surface area contributed by atoms with Gasteiger partial charge in [0.1, 0.15) is 11.8 Å². The molecule has 2 aromatic carbocycles. The number of rotatable bonds is 7. The van der Waals surface area contributed by atoms with Crippen LogP contribution in [-0.2, 0) is 16.1 Å². The fourth-order valence-corrected chi connectivity index (χ4v) is 3.57. The van der Waals surface area contributed by atoms with Crippen LogP contribution >= 0.6 is 0 Å². The van der Waals surface area contributed by atoms with Crippen molar-refractivity contribution in [1.29, 1.82) is 0 Å². The van der Waals surface area contributed by atoms with Gasteiger partial charge >= 0.3 is 0 Å². The Balaban J connectivity index is 1.42. The molecular weight excluding hydrogens is 408 g/mol. The summed E-state index contributed by atoms with van der Waals surface area (Å²) >= 11 is 0. The van der Waals surface area contributed by atoms with Crippen molar-refractivity contribution in [2.45, 2.75) is 19.5 Å². The van der Waals surface area contributed by atoms with Crippen LogP contribution in [-0.4, -0.2) is 48.2 Å². The van der Waals surface area contributed by atoms with Gasteiger partial charge < -0.3 is 19.5 Å². The van der Waals surface area contributed by atoms with Gasteiger partial charge in [0, 0.05) is 31.3 Å². The predicted octanol–water partition coefficient (Wildman–Crippen LogP) is 2.93. The molecule has 0 unspecified atom stereocenters. The van der Waals surface area contributed by atoms with E-state index >= 15 is 0 Å². The number of anilines is 1. The highest BCUT2D eigenvalue weighted by Crippen LogP contribution is 2.18. The number of amides is 2. The van der Waals surface area contributed by atoms with E-state index < -0.39 is 6.04 Å². The van der Waals surface area contributed by atoms with E-state index in [1.807, 2.05) is 54.6 Å². The molecule has 4 rings (SSSR count). The summed E-state index contributed by atoms with van der Waals surface area (Å²) in [6.45, 7) is 4.59. The number of hydrogen-bond donors (Lipinski definition) is 2. The normalized spacial score (nSPS) is 14.7. The fraction of sp³-hybridized carbons (Fsp3) is 0.292. The number of ether oxygens (including phenoxy) is 1. The van der Waals surface area contributed by atoms with Gasteiger partial charge in [0.05, 0.1) is 13.2 Å². The van der Waals surface area contributed by atoms with Crippen LogP contribution in [0.15, 0.2) is 65.2 Å². The summed E-state index contributed by atoms with van der Waals surface area (Å²) in [5.41, 5.74) is 2.45. The third-order valence-corrected chi connectivity index (χ3v) is 5.28. The first kappa shape index (κ1) is 21.7. The second-order valence-corrected chi connectivity index (χ2v) is 7.64. The maximum absolute atomic E-state index is 12.9. The molecule has 1 atom stereocenters. The Labute approximate surface area is 186 Å². The summed E-state index contributed by atoms with van der Waals surface area (Å²) in [5, 5.41) is 9.94. The van der Waals surface area contributed by atoms with E-state index in [2.05, 4.69) is 15.8 Å². The molecule has 166 valence electrons. The maximum atomic E-state index is 12.9. The zero-order valence-electron chi connectivity index (χ0n) is 17.9. The topological polar surface area (TPSA) is 96.7 Å². The molecule has 8 heteroatoms.